The van der Waals surface area contributed by atoms with Gasteiger partial charge in [-0.3, -0.25) is 9.80 Å². The Kier molecular flexibility index (Phi) is 11.8. The van der Waals surface area contributed by atoms with Crippen molar-refractivity contribution < 1.29 is 18.8 Å². The van der Waals surface area contributed by atoms with Crippen molar-refractivity contribution in [3.63, 3.8) is 0 Å². The van der Waals surface area contributed by atoms with Gasteiger partial charge in [-0.1, -0.05) is 44.7 Å². The fourth-order valence-corrected chi connectivity index (χ4v) is 8.04. The third-order valence-corrected chi connectivity index (χ3v) is 15.1. The number of carbonyl (C=O) groups is 2. The average Bonchev–Trinajstić information content (AvgIpc) is 3.67. The Morgan fingerprint density at radius 2 is 1.87 bits per heavy atom. The summed E-state index contributed by atoms with van der Waals surface area (Å²) in [4.78, 5) is 27.1. The van der Waals surface area contributed by atoms with Gasteiger partial charge in [0.05, 0.1) is 13.2 Å². The highest BCUT2D eigenvalue weighted by Crippen LogP contribution is 2.38. The van der Waals surface area contributed by atoms with Crippen LogP contribution in [0.1, 0.15) is 63.3 Å². The predicted octanol–water partition coefficient (Wildman–Crippen LogP) is 8.29. The molecular formula is C34H39N3O4S3Si. The molecule has 236 valence electrons. The lowest BCUT2D eigenvalue weighted by atomic mass is 10.0. The number of hydrogen-bond donors (Lipinski definition) is 0. The highest BCUT2D eigenvalue weighted by Gasteiger charge is 2.39. The minimum absolute atomic E-state index is 0.0251. The van der Waals surface area contributed by atoms with Crippen molar-refractivity contribution in [1.82, 2.24) is 10.0 Å². The zero-order valence-corrected chi connectivity index (χ0v) is 30.0. The number of ether oxygens (including phenoxy) is 1. The lowest BCUT2D eigenvalue weighted by Crippen LogP contribution is -2.47. The molecule has 1 amide bonds. The number of carbonyl (C=O) groups excluding carboxylic acids is 2. The normalized spacial score (nSPS) is 14.1. The number of thioether (sulfide) groups is 1. The molecule has 0 aliphatic carbocycles. The summed E-state index contributed by atoms with van der Waals surface area (Å²) in [5, 5.41) is 16.6. The molecule has 0 saturated carbocycles. The highest BCUT2D eigenvalue weighted by atomic mass is 32.2. The van der Waals surface area contributed by atoms with Crippen molar-refractivity contribution in [2.75, 3.05) is 20.2 Å². The average molecular weight is 678 g/mol. The Hall–Kier alpha value is -3.32. The van der Waals surface area contributed by atoms with Crippen LogP contribution in [0.5, 0.6) is 0 Å². The van der Waals surface area contributed by atoms with Crippen molar-refractivity contribution in [1.29, 1.82) is 5.26 Å². The van der Waals surface area contributed by atoms with E-state index < -0.39 is 8.32 Å². The standard InChI is InChI=1S/C34H39N3O4S3Si/c1-34(2,3)45(5,6)41-28(21-26-9-7-8-25(20-26)10-11-27-22-30(23-35)43-24-27)14-16-36-18-19-42-33(39)37(36)17-15-29-12-13-31(44-29)32(38)40-4/h7-9,12-13,18-20,22,24,28H,14-17,21H2,1-6H3. The summed E-state index contributed by atoms with van der Waals surface area (Å²) in [6.07, 6.45) is 4.01. The molecule has 0 spiro atoms. The molecule has 7 nitrogen and oxygen atoms in total. The first-order chi connectivity index (χ1) is 21.4. The van der Waals surface area contributed by atoms with Gasteiger partial charge in [-0.05, 0) is 84.0 Å². The summed E-state index contributed by atoms with van der Waals surface area (Å²) in [6.45, 7) is 12.4. The van der Waals surface area contributed by atoms with E-state index in [1.165, 1.54) is 41.5 Å². The number of rotatable bonds is 11. The number of esters is 1. The maximum absolute atomic E-state index is 13.0. The molecule has 4 rings (SSSR count). The molecular weight excluding hydrogens is 639 g/mol. The first-order valence-electron chi connectivity index (χ1n) is 14.7. The van der Waals surface area contributed by atoms with E-state index in [1.54, 1.807) is 11.1 Å². The van der Waals surface area contributed by atoms with E-state index in [9.17, 15) is 9.59 Å². The van der Waals surface area contributed by atoms with Crippen LogP contribution in [0.4, 0.5) is 4.79 Å². The van der Waals surface area contributed by atoms with Crippen LogP contribution in [0.25, 0.3) is 0 Å². The lowest BCUT2D eigenvalue weighted by Gasteiger charge is -2.41. The minimum atomic E-state index is -2.09. The third-order valence-electron chi connectivity index (χ3n) is 7.94. The van der Waals surface area contributed by atoms with Crippen LogP contribution in [0.2, 0.25) is 18.1 Å². The third kappa shape index (κ3) is 9.58. The molecule has 1 atom stereocenters. The molecule has 3 aromatic rings. The summed E-state index contributed by atoms with van der Waals surface area (Å²) in [6, 6.07) is 15.9. The van der Waals surface area contributed by atoms with Gasteiger partial charge in [0.2, 0.25) is 0 Å². The number of benzene rings is 1. The van der Waals surface area contributed by atoms with Gasteiger partial charge in [0.25, 0.3) is 0 Å². The van der Waals surface area contributed by atoms with Crippen LogP contribution in [0.15, 0.2) is 59.5 Å². The number of nitriles is 1. The molecule has 1 aliphatic heterocycles. The number of nitrogens with zero attached hydrogens (tertiary/aromatic N) is 3. The Balaban J connectivity index is 1.48. The van der Waals surface area contributed by atoms with Crippen molar-refractivity contribution in [3.05, 3.63) is 90.8 Å². The first kappa shape index (κ1) is 34.5. The Morgan fingerprint density at radius 3 is 2.58 bits per heavy atom. The molecule has 1 aliphatic rings. The van der Waals surface area contributed by atoms with Gasteiger partial charge in [0.1, 0.15) is 15.8 Å². The second-order valence-corrected chi connectivity index (χ2v) is 19.9. The van der Waals surface area contributed by atoms with Crippen LogP contribution >= 0.6 is 34.4 Å². The van der Waals surface area contributed by atoms with Crippen molar-refractivity contribution >= 4 is 54.0 Å². The largest absolute Gasteiger partial charge is 0.465 e. The quantitative estimate of drug-likeness (QED) is 0.115. The first-order valence-corrected chi connectivity index (χ1v) is 20.2. The van der Waals surface area contributed by atoms with Crippen LogP contribution in [-0.4, -0.2) is 55.8 Å². The Labute approximate surface area is 279 Å². The molecule has 0 radical (unpaired) electrons. The van der Waals surface area contributed by atoms with E-state index in [0.717, 1.165) is 34.4 Å². The number of thiophene rings is 2. The molecule has 45 heavy (non-hydrogen) atoms. The van der Waals surface area contributed by atoms with Crippen LogP contribution < -0.4 is 0 Å². The highest BCUT2D eigenvalue weighted by molar-refractivity contribution is 8.16. The number of methoxy groups -OCH3 is 1. The maximum atomic E-state index is 13.0. The summed E-state index contributed by atoms with van der Waals surface area (Å²) in [5.41, 5.74) is 2.90. The van der Waals surface area contributed by atoms with Gasteiger partial charge in [-0.15, -0.1) is 22.7 Å². The van der Waals surface area contributed by atoms with Gasteiger partial charge in [-0.25, -0.2) is 9.80 Å². The number of amides is 1. The smallest absolute Gasteiger partial charge is 0.348 e. The number of hydrogen-bond acceptors (Lipinski definition) is 9. The van der Waals surface area contributed by atoms with Crippen LogP contribution in [-0.2, 0) is 22.0 Å². The zero-order valence-electron chi connectivity index (χ0n) is 26.6. The molecule has 2 aromatic heterocycles. The molecule has 1 aromatic carbocycles. The fourth-order valence-electron chi connectivity index (χ4n) is 4.47. The van der Waals surface area contributed by atoms with E-state index >= 15 is 0 Å². The summed E-state index contributed by atoms with van der Waals surface area (Å²) in [5.74, 6) is 6.07. The van der Waals surface area contributed by atoms with E-state index in [4.69, 9.17) is 14.4 Å². The van der Waals surface area contributed by atoms with Gasteiger partial charge in [0.15, 0.2) is 8.32 Å². The minimum Gasteiger partial charge on any atom is -0.465 e. The second-order valence-electron chi connectivity index (χ2n) is 12.2. The van der Waals surface area contributed by atoms with Crippen LogP contribution in [0.3, 0.4) is 0 Å². The van der Waals surface area contributed by atoms with Gasteiger partial charge >= 0.3 is 11.2 Å². The van der Waals surface area contributed by atoms with Gasteiger partial charge in [-0.2, -0.15) is 5.26 Å². The van der Waals surface area contributed by atoms with Crippen molar-refractivity contribution in [2.45, 2.75) is 64.3 Å². The van der Waals surface area contributed by atoms with Crippen molar-refractivity contribution in [2.24, 2.45) is 0 Å². The van der Waals surface area contributed by atoms with Crippen molar-refractivity contribution in [3.8, 4) is 17.9 Å². The maximum Gasteiger partial charge on any atom is 0.348 e. The van der Waals surface area contributed by atoms with E-state index in [-0.39, 0.29) is 22.4 Å². The summed E-state index contributed by atoms with van der Waals surface area (Å²) >= 11 is 3.97. The topological polar surface area (TPSA) is 82.9 Å². The van der Waals surface area contributed by atoms with E-state index in [1.807, 2.05) is 46.3 Å². The molecule has 0 saturated heterocycles. The lowest BCUT2D eigenvalue weighted by molar-refractivity contribution is 0.0567. The molecule has 0 N–H and O–H groups in total. The van der Waals surface area contributed by atoms with Gasteiger partial charge < -0.3 is 9.16 Å². The molecule has 11 heteroatoms. The predicted molar refractivity (Wildman–Crippen MR) is 187 cm³/mol. The summed E-state index contributed by atoms with van der Waals surface area (Å²) in [7, 11) is -0.717. The van der Waals surface area contributed by atoms with Gasteiger partial charge in [0, 0.05) is 47.1 Å². The Bertz CT molecular complexity index is 1640. The fraction of sp³-hybridized carbons (Fsp3) is 0.382. The van der Waals surface area contributed by atoms with E-state index in [0.29, 0.717) is 29.3 Å². The monoisotopic (exact) mass is 677 g/mol. The molecule has 1 unspecified atom stereocenters. The number of hydrazine groups is 1. The molecule has 0 fully saturated rings. The molecule has 3 heterocycles. The zero-order chi connectivity index (χ0) is 32.6. The SMILES string of the molecule is COC(=O)c1ccc(CCN2C(=O)SC=CN2CCC(Cc2cccc(C#Cc3csc(C#N)c3)c2)O[Si](C)(C)C(C)(C)C)s1. The summed E-state index contributed by atoms with van der Waals surface area (Å²) < 4.78 is 11.8. The van der Waals surface area contributed by atoms with E-state index in [2.05, 4.69) is 63.9 Å². The Morgan fingerprint density at radius 1 is 1.09 bits per heavy atom. The van der Waals surface area contributed by atoms with Crippen LogP contribution in [0, 0.1) is 23.2 Å². The molecule has 0 bridgehead atoms. The second kappa shape index (κ2) is 15.3.